The first-order chi connectivity index (χ1) is 5.68. The van der Waals surface area contributed by atoms with Gasteiger partial charge < -0.3 is 10.5 Å². The van der Waals surface area contributed by atoms with E-state index in [-0.39, 0.29) is 18.4 Å². The Morgan fingerprint density at radius 2 is 2.15 bits per heavy atom. The Bertz CT molecular complexity index is 250. The van der Waals surface area contributed by atoms with Crippen molar-refractivity contribution >= 4 is 12.4 Å². The molecular formula is C10H16ClNO. The molecule has 1 rings (SSSR count). The van der Waals surface area contributed by atoms with Gasteiger partial charge in [-0.25, -0.2) is 0 Å². The summed E-state index contributed by atoms with van der Waals surface area (Å²) < 4.78 is 5.42. The predicted molar refractivity (Wildman–Crippen MR) is 57.6 cm³/mol. The molecule has 0 fully saturated rings. The van der Waals surface area contributed by atoms with Gasteiger partial charge in [0.1, 0.15) is 12.4 Å². The molecule has 1 unspecified atom stereocenters. The Morgan fingerprint density at radius 1 is 1.46 bits per heavy atom. The van der Waals surface area contributed by atoms with Gasteiger partial charge in [-0.3, -0.25) is 0 Å². The fourth-order valence-electron chi connectivity index (χ4n) is 0.933. The molecule has 1 aromatic rings. The number of hydrogen-bond acceptors (Lipinski definition) is 2. The molecule has 1 atom stereocenters. The Morgan fingerprint density at radius 3 is 2.69 bits per heavy atom. The quantitative estimate of drug-likeness (QED) is 0.814. The minimum absolute atomic E-state index is 0. The fraction of sp³-hybridized carbons (Fsp3) is 0.400. The van der Waals surface area contributed by atoms with Crippen molar-refractivity contribution in [3.05, 3.63) is 29.8 Å². The zero-order valence-electron chi connectivity index (χ0n) is 7.99. The van der Waals surface area contributed by atoms with Crippen LogP contribution in [0.2, 0.25) is 0 Å². The second-order valence-electron chi connectivity index (χ2n) is 3.10. The van der Waals surface area contributed by atoms with Crippen LogP contribution in [0.1, 0.15) is 12.5 Å². The van der Waals surface area contributed by atoms with Crippen LogP contribution in [0.25, 0.3) is 0 Å². The standard InChI is InChI=1S/C10H15NO.ClH/c1-8-4-3-5-10(6-8)12-7-9(2)11;/h3-6,9H,7,11H2,1-2H3;1H. The molecule has 0 saturated heterocycles. The van der Waals surface area contributed by atoms with Crippen molar-refractivity contribution in [1.82, 2.24) is 0 Å². The summed E-state index contributed by atoms with van der Waals surface area (Å²) in [5.41, 5.74) is 6.76. The van der Waals surface area contributed by atoms with Crippen LogP contribution in [0.4, 0.5) is 0 Å². The molecule has 0 radical (unpaired) electrons. The molecular weight excluding hydrogens is 186 g/mol. The lowest BCUT2D eigenvalue weighted by molar-refractivity contribution is 0.296. The van der Waals surface area contributed by atoms with E-state index in [0.717, 1.165) is 5.75 Å². The molecule has 2 nitrogen and oxygen atoms in total. The first kappa shape index (κ1) is 12.3. The van der Waals surface area contributed by atoms with Gasteiger partial charge in [-0.1, -0.05) is 12.1 Å². The number of hydrogen-bond donors (Lipinski definition) is 1. The highest BCUT2D eigenvalue weighted by Crippen LogP contribution is 2.11. The molecule has 2 N–H and O–H groups in total. The maximum Gasteiger partial charge on any atom is 0.119 e. The van der Waals surface area contributed by atoms with E-state index in [0.29, 0.717) is 6.61 Å². The topological polar surface area (TPSA) is 35.2 Å². The molecule has 0 aromatic heterocycles. The molecule has 0 saturated carbocycles. The molecule has 0 heterocycles. The molecule has 74 valence electrons. The van der Waals surface area contributed by atoms with Crippen LogP contribution < -0.4 is 10.5 Å². The van der Waals surface area contributed by atoms with Crippen molar-refractivity contribution in [2.45, 2.75) is 19.9 Å². The highest BCUT2D eigenvalue weighted by Gasteiger charge is 1.96. The first-order valence-corrected chi connectivity index (χ1v) is 4.13. The van der Waals surface area contributed by atoms with Gasteiger partial charge in [0.25, 0.3) is 0 Å². The third-order valence-electron chi connectivity index (χ3n) is 1.50. The van der Waals surface area contributed by atoms with Gasteiger partial charge in [0.05, 0.1) is 0 Å². The van der Waals surface area contributed by atoms with E-state index in [4.69, 9.17) is 10.5 Å². The first-order valence-electron chi connectivity index (χ1n) is 4.13. The number of halogens is 1. The van der Waals surface area contributed by atoms with Crippen molar-refractivity contribution in [3.8, 4) is 5.75 Å². The van der Waals surface area contributed by atoms with E-state index in [1.54, 1.807) is 0 Å². The Balaban J connectivity index is 0.00000144. The maximum atomic E-state index is 5.55. The lowest BCUT2D eigenvalue weighted by Crippen LogP contribution is -2.23. The number of aryl methyl sites for hydroxylation is 1. The molecule has 0 bridgehead atoms. The Kier molecular flexibility index (Phi) is 5.51. The summed E-state index contributed by atoms with van der Waals surface area (Å²) in [6, 6.07) is 8.05. The molecule has 0 amide bonds. The third kappa shape index (κ3) is 4.76. The smallest absolute Gasteiger partial charge is 0.119 e. The van der Waals surface area contributed by atoms with Crippen molar-refractivity contribution in [2.75, 3.05) is 6.61 Å². The van der Waals surface area contributed by atoms with Crippen LogP contribution in [0.15, 0.2) is 24.3 Å². The van der Waals surface area contributed by atoms with Gasteiger partial charge in [0.15, 0.2) is 0 Å². The fourth-order valence-corrected chi connectivity index (χ4v) is 0.933. The van der Waals surface area contributed by atoms with Gasteiger partial charge in [-0.15, -0.1) is 12.4 Å². The molecule has 0 aliphatic rings. The lowest BCUT2D eigenvalue weighted by atomic mass is 10.2. The second-order valence-corrected chi connectivity index (χ2v) is 3.10. The number of ether oxygens (including phenoxy) is 1. The summed E-state index contributed by atoms with van der Waals surface area (Å²) >= 11 is 0. The average molecular weight is 202 g/mol. The van der Waals surface area contributed by atoms with E-state index in [1.165, 1.54) is 5.56 Å². The zero-order valence-corrected chi connectivity index (χ0v) is 8.80. The van der Waals surface area contributed by atoms with E-state index in [1.807, 2.05) is 38.1 Å². The molecule has 3 heteroatoms. The summed E-state index contributed by atoms with van der Waals surface area (Å²) in [5.74, 6) is 0.896. The third-order valence-corrected chi connectivity index (χ3v) is 1.50. The highest BCUT2D eigenvalue weighted by molar-refractivity contribution is 5.85. The van der Waals surface area contributed by atoms with Gasteiger partial charge in [-0.05, 0) is 31.5 Å². The zero-order chi connectivity index (χ0) is 8.97. The summed E-state index contributed by atoms with van der Waals surface area (Å²) in [6.45, 7) is 4.54. The van der Waals surface area contributed by atoms with Crippen LogP contribution in [-0.4, -0.2) is 12.6 Å². The summed E-state index contributed by atoms with van der Waals surface area (Å²) in [5, 5.41) is 0. The van der Waals surface area contributed by atoms with Gasteiger partial charge in [-0.2, -0.15) is 0 Å². The van der Waals surface area contributed by atoms with Crippen LogP contribution in [0, 0.1) is 6.92 Å². The van der Waals surface area contributed by atoms with Crippen LogP contribution in [0.5, 0.6) is 5.75 Å². The molecule has 1 aromatic carbocycles. The van der Waals surface area contributed by atoms with Gasteiger partial charge in [0, 0.05) is 6.04 Å². The largest absolute Gasteiger partial charge is 0.492 e. The molecule has 13 heavy (non-hydrogen) atoms. The number of benzene rings is 1. The van der Waals surface area contributed by atoms with Gasteiger partial charge >= 0.3 is 0 Å². The minimum atomic E-state index is 0. The average Bonchev–Trinajstić information content (AvgIpc) is 2.01. The van der Waals surface area contributed by atoms with E-state index in [9.17, 15) is 0 Å². The second kappa shape index (κ2) is 5.84. The maximum absolute atomic E-state index is 5.55. The summed E-state index contributed by atoms with van der Waals surface area (Å²) in [6.07, 6.45) is 0. The summed E-state index contributed by atoms with van der Waals surface area (Å²) in [4.78, 5) is 0. The van der Waals surface area contributed by atoms with Crippen LogP contribution >= 0.6 is 12.4 Å². The lowest BCUT2D eigenvalue weighted by Gasteiger charge is -2.08. The normalized spacial score (nSPS) is 11.6. The minimum Gasteiger partial charge on any atom is -0.492 e. The van der Waals surface area contributed by atoms with E-state index >= 15 is 0 Å². The number of rotatable bonds is 3. The Hall–Kier alpha value is -0.730. The van der Waals surface area contributed by atoms with Crippen LogP contribution in [-0.2, 0) is 0 Å². The van der Waals surface area contributed by atoms with E-state index < -0.39 is 0 Å². The van der Waals surface area contributed by atoms with Crippen molar-refractivity contribution < 1.29 is 4.74 Å². The highest BCUT2D eigenvalue weighted by atomic mass is 35.5. The van der Waals surface area contributed by atoms with Crippen molar-refractivity contribution in [1.29, 1.82) is 0 Å². The van der Waals surface area contributed by atoms with Crippen molar-refractivity contribution in [2.24, 2.45) is 5.73 Å². The van der Waals surface area contributed by atoms with Crippen molar-refractivity contribution in [3.63, 3.8) is 0 Å². The van der Waals surface area contributed by atoms with E-state index in [2.05, 4.69) is 0 Å². The molecule has 0 spiro atoms. The monoisotopic (exact) mass is 201 g/mol. The Labute approximate surface area is 85.5 Å². The molecule has 0 aliphatic heterocycles. The predicted octanol–water partition coefficient (Wildman–Crippen LogP) is 2.14. The van der Waals surface area contributed by atoms with Gasteiger partial charge in [0.2, 0.25) is 0 Å². The van der Waals surface area contributed by atoms with Crippen LogP contribution in [0.3, 0.4) is 0 Å². The molecule has 0 aliphatic carbocycles. The SMILES string of the molecule is Cc1cccc(OCC(C)N)c1.Cl. The summed E-state index contributed by atoms with van der Waals surface area (Å²) in [7, 11) is 0. The number of nitrogens with two attached hydrogens (primary N) is 1.